The molecular formula is C18H27N. The summed E-state index contributed by atoms with van der Waals surface area (Å²) in [5, 5.41) is 3.65. The smallest absolute Gasteiger partial charge is 0.00125 e. The summed E-state index contributed by atoms with van der Waals surface area (Å²) < 4.78 is 0. The highest BCUT2D eigenvalue weighted by molar-refractivity contribution is 5.17. The number of benzene rings is 1. The normalized spacial score (nSPS) is 32.6. The van der Waals surface area contributed by atoms with Gasteiger partial charge in [-0.05, 0) is 48.7 Å². The van der Waals surface area contributed by atoms with Gasteiger partial charge in [0.1, 0.15) is 0 Å². The molecular weight excluding hydrogens is 230 g/mol. The van der Waals surface area contributed by atoms with Gasteiger partial charge < -0.3 is 5.32 Å². The summed E-state index contributed by atoms with van der Waals surface area (Å²) in [7, 11) is 0. The fourth-order valence-electron chi connectivity index (χ4n) is 4.44. The Balaban J connectivity index is 1.77. The van der Waals surface area contributed by atoms with E-state index in [-0.39, 0.29) is 0 Å². The van der Waals surface area contributed by atoms with E-state index >= 15 is 0 Å². The summed E-state index contributed by atoms with van der Waals surface area (Å²) >= 11 is 0. The highest BCUT2D eigenvalue weighted by Gasteiger charge is 2.41. The average Bonchev–Trinajstić information content (AvgIpc) is 2.93. The summed E-state index contributed by atoms with van der Waals surface area (Å²) in [6.07, 6.45) is 8.46. The lowest BCUT2D eigenvalue weighted by molar-refractivity contribution is 0.0785. The van der Waals surface area contributed by atoms with Crippen molar-refractivity contribution in [1.29, 1.82) is 0 Å². The third kappa shape index (κ3) is 2.86. The van der Waals surface area contributed by atoms with Crippen molar-refractivity contribution < 1.29 is 0 Å². The monoisotopic (exact) mass is 257 g/mol. The molecule has 1 aromatic rings. The standard InChI is InChI=1S/C18H27N/c1-18(13-15-7-3-2-4-8-15)11-12-19-14-17(18)16-9-5-6-10-16/h2-4,7-8,16-17,19H,5-6,9-14H2,1H3. The van der Waals surface area contributed by atoms with Crippen LogP contribution in [0.4, 0.5) is 0 Å². The minimum atomic E-state index is 0.502. The zero-order valence-electron chi connectivity index (χ0n) is 12.2. The van der Waals surface area contributed by atoms with E-state index in [1.165, 1.54) is 57.2 Å². The number of rotatable bonds is 3. The summed E-state index contributed by atoms with van der Waals surface area (Å²) in [5.74, 6) is 1.85. The van der Waals surface area contributed by atoms with Crippen LogP contribution in [0.5, 0.6) is 0 Å². The predicted octanol–water partition coefficient (Wildman–Crippen LogP) is 4.04. The Kier molecular flexibility index (Phi) is 3.93. The maximum Gasteiger partial charge on any atom is -0.00125 e. The fraction of sp³-hybridized carbons (Fsp3) is 0.667. The molecule has 1 aliphatic carbocycles. The summed E-state index contributed by atoms with van der Waals surface area (Å²) in [5.41, 5.74) is 2.02. The van der Waals surface area contributed by atoms with Crippen LogP contribution < -0.4 is 5.32 Å². The zero-order valence-corrected chi connectivity index (χ0v) is 12.2. The molecule has 0 bridgehead atoms. The van der Waals surface area contributed by atoms with Gasteiger partial charge in [0.2, 0.25) is 0 Å². The molecule has 0 amide bonds. The van der Waals surface area contributed by atoms with Crippen molar-refractivity contribution in [2.24, 2.45) is 17.3 Å². The Morgan fingerprint density at radius 3 is 2.63 bits per heavy atom. The van der Waals surface area contributed by atoms with Crippen LogP contribution in [0.1, 0.15) is 44.6 Å². The van der Waals surface area contributed by atoms with Crippen LogP contribution in [-0.2, 0) is 6.42 Å². The Morgan fingerprint density at radius 2 is 1.89 bits per heavy atom. The first kappa shape index (κ1) is 13.2. The maximum atomic E-state index is 3.65. The molecule has 2 atom stereocenters. The molecule has 0 aromatic heterocycles. The van der Waals surface area contributed by atoms with Crippen molar-refractivity contribution in [3.8, 4) is 0 Å². The van der Waals surface area contributed by atoms with Crippen LogP contribution in [-0.4, -0.2) is 13.1 Å². The summed E-state index contributed by atoms with van der Waals surface area (Å²) in [6, 6.07) is 11.1. The van der Waals surface area contributed by atoms with Crippen molar-refractivity contribution in [3.63, 3.8) is 0 Å². The van der Waals surface area contributed by atoms with E-state index in [4.69, 9.17) is 0 Å². The van der Waals surface area contributed by atoms with Crippen LogP contribution in [0.15, 0.2) is 30.3 Å². The molecule has 0 radical (unpaired) electrons. The molecule has 2 fully saturated rings. The van der Waals surface area contributed by atoms with Crippen LogP contribution >= 0.6 is 0 Å². The van der Waals surface area contributed by atoms with Crippen molar-refractivity contribution in [3.05, 3.63) is 35.9 Å². The minimum absolute atomic E-state index is 0.502. The van der Waals surface area contributed by atoms with Crippen molar-refractivity contribution >= 4 is 0 Å². The fourth-order valence-corrected chi connectivity index (χ4v) is 4.44. The van der Waals surface area contributed by atoms with E-state index < -0.39 is 0 Å². The first-order valence-electron chi connectivity index (χ1n) is 8.03. The lowest BCUT2D eigenvalue weighted by Crippen LogP contribution is -2.47. The Hall–Kier alpha value is -0.820. The minimum Gasteiger partial charge on any atom is -0.316 e. The molecule has 2 unspecified atom stereocenters. The second-order valence-corrected chi connectivity index (χ2v) is 6.92. The first-order chi connectivity index (χ1) is 9.28. The molecule has 19 heavy (non-hydrogen) atoms. The van der Waals surface area contributed by atoms with E-state index in [1.54, 1.807) is 0 Å². The second kappa shape index (κ2) is 5.66. The SMILES string of the molecule is CC1(Cc2ccccc2)CCNCC1C1CCCC1. The maximum absolute atomic E-state index is 3.65. The lowest BCUT2D eigenvalue weighted by atomic mass is 9.63. The van der Waals surface area contributed by atoms with Gasteiger partial charge in [0.15, 0.2) is 0 Å². The van der Waals surface area contributed by atoms with Gasteiger partial charge in [0, 0.05) is 0 Å². The molecule has 1 aliphatic heterocycles. The first-order valence-corrected chi connectivity index (χ1v) is 8.03. The average molecular weight is 257 g/mol. The van der Waals surface area contributed by atoms with Gasteiger partial charge >= 0.3 is 0 Å². The highest BCUT2D eigenvalue weighted by atomic mass is 14.9. The predicted molar refractivity (Wildman–Crippen MR) is 81.2 cm³/mol. The van der Waals surface area contributed by atoms with Crippen molar-refractivity contribution in [1.82, 2.24) is 5.32 Å². The Morgan fingerprint density at radius 1 is 1.16 bits per heavy atom. The second-order valence-electron chi connectivity index (χ2n) is 6.92. The third-order valence-corrected chi connectivity index (χ3v) is 5.55. The molecule has 0 spiro atoms. The van der Waals surface area contributed by atoms with Gasteiger partial charge in [-0.1, -0.05) is 62.9 Å². The van der Waals surface area contributed by atoms with Gasteiger partial charge in [0.05, 0.1) is 0 Å². The third-order valence-electron chi connectivity index (χ3n) is 5.55. The van der Waals surface area contributed by atoms with Crippen molar-refractivity contribution in [2.75, 3.05) is 13.1 Å². The Bertz CT molecular complexity index is 393. The summed E-state index contributed by atoms with van der Waals surface area (Å²) in [6.45, 7) is 4.99. The van der Waals surface area contributed by atoms with Crippen LogP contribution in [0.3, 0.4) is 0 Å². The number of piperidine rings is 1. The van der Waals surface area contributed by atoms with Gasteiger partial charge in [-0.25, -0.2) is 0 Å². The molecule has 104 valence electrons. The molecule has 1 heterocycles. The largest absolute Gasteiger partial charge is 0.316 e. The summed E-state index contributed by atoms with van der Waals surface area (Å²) in [4.78, 5) is 0. The van der Waals surface area contributed by atoms with Gasteiger partial charge in [-0.3, -0.25) is 0 Å². The van der Waals surface area contributed by atoms with E-state index in [0.29, 0.717) is 5.41 Å². The van der Waals surface area contributed by atoms with E-state index in [2.05, 4.69) is 42.6 Å². The Labute approximate surface area is 117 Å². The zero-order chi connectivity index (χ0) is 13.1. The number of nitrogens with one attached hydrogen (secondary N) is 1. The quantitative estimate of drug-likeness (QED) is 0.862. The molecule has 1 saturated heterocycles. The molecule has 1 N–H and O–H groups in total. The van der Waals surface area contributed by atoms with Crippen LogP contribution in [0.2, 0.25) is 0 Å². The van der Waals surface area contributed by atoms with Crippen LogP contribution in [0.25, 0.3) is 0 Å². The molecule has 1 aromatic carbocycles. The van der Waals surface area contributed by atoms with Crippen LogP contribution in [0, 0.1) is 17.3 Å². The number of hydrogen-bond donors (Lipinski definition) is 1. The van der Waals surface area contributed by atoms with E-state index in [0.717, 1.165) is 11.8 Å². The molecule has 1 nitrogen and oxygen atoms in total. The highest BCUT2D eigenvalue weighted by Crippen LogP contribution is 2.46. The lowest BCUT2D eigenvalue weighted by Gasteiger charge is -2.45. The topological polar surface area (TPSA) is 12.0 Å². The van der Waals surface area contributed by atoms with Crippen molar-refractivity contribution in [2.45, 2.75) is 45.4 Å². The van der Waals surface area contributed by atoms with Gasteiger partial charge in [0.25, 0.3) is 0 Å². The van der Waals surface area contributed by atoms with Gasteiger partial charge in [-0.2, -0.15) is 0 Å². The molecule has 1 saturated carbocycles. The van der Waals surface area contributed by atoms with Gasteiger partial charge in [-0.15, -0.1) is 0 Å². The van der Waals surface area contributed by atoms with E-state index in [9.17, 15) is 0 Å². The molecule has 3 rings (SSSR count). The van der Waals surface area contributed by atoms with E-state index in [1.807, 2.05) is 0 Å². The number of hydrogen-bond acceptors (Lipinski definition) is 1. The molecule has 2 aliphatic rings. The molecule has 1 heteroatoms.